The molecule has 1 saturated heterocycles. The van der Waals surface area contributed by atoms with Crippen molar-refractivity contribution in [1.82, 2.24) is 5.32 Å². The van der Waals surface area contributed by atoms with Crippen molar-refractivity contribution in [2.75, 3.05) is 0 Å². The molecule has 0 saturated carbocycles. The van der Waals surface area contributed by atoms with Crippen LogP contribution in [0.4, 0.5) is 11.4 Å². The molecule has 0 aromatic heterocycles. The predicted molar refractivity (Wildman–Crippen MR) is 99.7 cm³/mol. The van der Waals surface area contributed by atoms with Gasteiger partial charge in [-0.1, -0.05) is 22.0 Å². The second-order valence-electron chi connectivity index (χ2n) is 4.96. The maximum absolute atomic E-state index is 12.0. The average Bonchev–Trinajstić information content (AvgIpc) is 2.90. The van der Waals surface area contributed by atoms with Gasteiger partial charge in [-0.15, -0.1) is 0 Å². The zero-order valence-corrected chi connectivity index (χ0v) is 14.9. The van der Waals surface area contributed by atoms with Gasteiger partial charge in [0, 0.05) is 10.5 Å². The number of nitrogens with one attached hydrogen (secondary N) is 1. The fraction of sp³-hybridized carbons (Fsp3) is 0. The van der Waals surface area contributed by atoms with E-state index >= 15 is 0 Å². The van der Waals surface area contributed by atoms with Crippen LogP contribution in [-0.2, 0) is 4.79 Å². The number of amides is 1. The summed E-state index contributed by atoms with van der Waals surface area (Å²) in [4.78, 5) is 26.9. The molecule has 0 atom stereocenters. The summed E-state index contributed by atoms with van der Waals surface area (Å²) in [6.07, 6.45) is 1.51. The molecule has 1 aliphatic heterocycles. The molecule has 2 N–H and O–H groups in total. The van der Waals surface area contributed by atoms with E-state index in [-0.39, 0.29) is 5.91 Å². The molecule has 0 unspecified atom stereocenters. The Balaban J connectivity index is 1.85. The summed E-state index contributed by atoms with van der Waals surface area (Å²) in [5.74, 6) is -0.759. The van der Waals surface area contributed by atoms with Crippen molar-refractivity contribution in [1.29, 1.82) is 0 Å². The molecule has 1 heterocycles. The maximum Gasteiger partial charge on any atom is 0.311 e. The van der Waals surface area contributed by atoms with E-state index < -0.39 is 16.4 Å². The molecule has 25 heavy (non-hydrogen) atoms. The molecular formula is C16H10BrN3O4S. The molecule has 9 heteroatoms. The van der Waals surface area contributed by atoms with Gasteiger partial charge in [0.15, 0.2) is 10.9 Å². The minimum Gasteiger partial charge on any atom is -0.502 e. The molecule has 2 aromatic rings. The maximum atomic E-state index is 12.0. The first-order valence-corrected chi connectivity index (χ1v) is 8.56. The fourth-order valence-corrected chi connectivity index (χ4v) is 3.15. The highest BCUT2D eigenvalue weighted by molar-refractivity contribution is 9.10. The number of rotatable bonds is 3. The molecular weight excluding hydrogens is 410 g/mol. The van der Waals surface area contributed by atoms with E-state index in [2.05, 4.69) is 26.2 Å². The van der Waals surface area contributed by atoms with Gasteiger partial charge in [-0.3, -0.25) is 14.9 Å². The van der Waals surface area contributed by atoms with Crippen molar-refractivity contribution in [3.8, 4) is 5.75 Å². The molecule has 1 fully saturated rings. The third kappa shape index (κ3) is 4.06. The summed E-state index contributed by atoms with van der Waals surface area (Å²) in [6, 6.07) is 11.2. The first-order valence-electron chi connectivity index (χ1n) is 6.95. The van der Waals surface area contributed by atoms with Crippen LogP contribution in [0.25, 0.3) is 6.08 Å². The Bertz CT molecular complexity index is 925. The van der Waals surface area contributed by atoms with E-state index in [1.54, 1.807) is 12.1 Å². The van der Waals surface area contributed by atoms with Crippen molar-refractivity contribution in [2.45, 2.75) is 0 Å². The molecule has 1 amide bonds. The standard InChI is InChI=1S/C16H10BrN3O4S/c17-10-2-4-11(5-3-10)18-16-19-15(22)14(25-16)8-9-1-6-13(21)12(7-9)20(23)24/h1-8,21H,(H,18,19,22)/b14-8-. The van der Waals surface area contributed by atoms with Gasteiger partial charge in [-0.25, -0.2) is 4.99 Å². The number of nitro benzene ring substituents is 1. The largest absolute Gasteiger partial charge is 0.502 e. The highest BCUT2D eigenvalue weighted by Gasteiger charge is 2.24. The average molecular weight is 420 g/mol. The number of carbonyl (C=O) groups excluding carboxylic acids is 1. The molecule has 3 rings (SSSR count). The molecule has 1 aliphatic rings. The first-order chi connectivity index (χ1) is 11.9. The van der Waals surface area contributed by atoms with Gasteiger partial charge in [-0.2, -0.15) is 0 Å². The number of phenolic OH excluding ortho intramolecular Hbond substituents is 1. The van der Waals surface area contributed by atoms with Crippen LogP contribution in [-0.4, -0.2) is 21.1 Å². The Morgan fingerprint density at radius 3 is 2.64 bits per heavy atom. The molecule has 7 nitrogen and oxygen atoms in total. The second-order valence-corrected chi connectivity index (χ2v) is 6.91. The van der Waals surface area contributed by atoms with E-state index in [9.17, 15) is 20.0 Å². The van der Waals surface area contributed by atoms with Gasteiger partial charge in [0.1, 0.15) is 0 Å². The van der Waals surface area contributed by atoms with Crippen LogP contribution in [0.2, 0.25) is 0 Å². The number of phenols is 1. The lowest BCUT2D eigenvalue weighted by Gasteiger charge is -1.98. The third-order valence-corrected chi connectivity index (χ3v) is 4.64. The number of carbonyl (C=O) groups is 1. The number of benzene rings is 2. The quantitative estimate of drug-likeness (QED) is 0.445. The van der Waals surface area contributed by atoms with Crippen molar-refractivity contribution >= 4 is 56.2 Å². The van der Waals surface area contributed by atoms with Crippen LogP contribution in [0.15, 0.2) is 56.8 Å². The lowest BCUT2D eigenvalue weighted by molar-refractivity contribution is -0.385. The van der Waals surface area contributed by atoms with Gasteiger partial charge in [0.25, 0.3) is 5.91 Å². The number of nitrogens with zero attached hydrogens (tertiary/aromatic N) is 2. The summed E-state index contributed by atoms with van der Waals surface area (Å²) in [5, 5.41) is 23.4. The van der Waals surface area contributed by atoms with Crippen LogP contribution in [0.3, 0.4) is 0 Å². The number of hydrogen-bond acceptors (Lipinski definition) is 6. The first kappa shape index (κ1) is 17.2. The normalized spacial score (nSPS) is 17.1. The lowest BCUT2D eigenvalue weighted by Crippen LogP contribution is -2.19. The van der Waals surface area contributed by atoms with E-state index in [0.29, 0.717) is 21.3 Å². The monoisotopic (exact) mass is 419 g/mol. The van der Waals surface area contributed by atoms with Crippen LogP contribution in [0.1, 0.15) is 5.56 Å². The summed E-state index contributed by atoms with van der Waals surface area (Å²) < 4.78 is 0.925. The van der Waals surface area contributed by atoms with E-state index in [4.69, 9.17) is 0 Å². The molecule has 0 spiro atoms. The zero-order valence-electron chi connectivity index (χ0n) is 12.5. The number of thioether (sulfide) groups is 1. The minimum atomic E-state index is -0.681. The SMILES string of the molecule is O=C1NC(=Nc2ccc(Br)cc2)S/C1=C\c1ccc(O)c([N+](=O)[O-])c1. The van der Waals surface area contributed by atoms with E-state index in [0.717, 1.165) is 16.2 Å². The number of aromatic hydroxyl groups is 1. The number of aliphatic imine (C=N–C) groups is 1. The number of nitro groups is 1. The fourth-order valence-electron chi connectivity index (χ4n) is 2.04. The van der Waals surface area contributed by atoms with Crippen LogP contribution >= 0.6 is 27.7 Å². The molecule has 126 valence electrons. The smallest absolute Gasteiger partial charge is 0.311 e. The van der Waals surface area contributed by atoms with Crippen LogP contribution in [0.5, 0.6) is 5.75 Å². The number of amidine groups is 1. The number of halogens is 1. The molecule has 0 bridgehead atoms. The second kappa shape index (κ2) is 7.08. The van der Waals surface area contributed by atoms with Gasteiger partial charge in [-0.05, 0) is 53.7 Å². The van der Waals surface area contributed by atoms with Crippen molar-refractivity contribution < 1.29 is 14.8 Å². The lowest BCUT2D eigenvalue weighted by atomic mass is 10.1. The highest BCUT2D eigenvalue weighted by atomic mass is 79.9. The van der Waals surface area contributed by atoms with E-state index in [1.165, 1.54) is 24.3 Å². The Morgan fingerprint density at radius 1 is 1.24 bits per heavy atom. The van der Waals surface area contributed by atoms with E-state index in [1.807, 2.05) is 12.1 Å². The summed E-state index contributed by atoms with van der Waals surface area (Å²) >= 11 is 4.47. The summed E-state index contributed by atoms with van der Waals surface area (Å²) in [5.41, 5.74) is 0.709. The summed E-state index contributed by atoms with van der Waals surface area (Å²) in [7, 11) is 0. The Kier molecular flexibility index (Phi) is 4.86. The molecule has 0 radical (unpaired) electrons. The van der Waals surface area contributed by atoms with Gasteiger partial charge in [0.05, 0.1) is 15.5 Å². The number of hydrogen-bond donors (Lipinski definition) is 2. The van der Waals surface area contributed by atoms with Crippen LogP contribution in [0, 0.1) is 10.1 Å². The Hall–Kier alpha value is -2.65. The van der Waals surface area contributed by atoms with Gasteiger partial charge in [0.2, 0.25) is 0 Å². The molecule has 2 aromatic carbocycles. The Labute approximate surface area is 154 Å². The summed E-state index contributed by atoms with van der Waals surface area (Å²) in [6.45, 7) is 0. The predicted octanol–water partition coefficient (Wildman–Crippen LogP) is 3.95. The topological polar surface area (TPSA) is 105 Å². The van der Waals surface area contributed by atoms with Gasteiger partial charge < -0.3 is 10.4 Å². The van der Waals surface area contributed by atoms with Crippen molar-refractivity contribution in [3.63, 3.8) is 0 Å². The highest BCUT2D eigenvalue weighted by Crippen LogP contribution is 2.31. The van der Waals surface area contributed by atoms with Crippen molar-refractivity contribution in [2.24, 2.45) is 4.99 Å². The van der Waals surface area contributed by atoms with Crippen LogP contribution < -0.4 is 5.32 Å². The minimum absolute atomic E-state index is 0.336. The van der Waals surface area contributed by atoms with Crippen molar-refractivity contribution in [3.05, 3.63) is 67.5 Å². The molecule has 0 aliphatic carbocycles. The zero-order chi connectivity index (χ0) is 18.0. The third-order valence-electron chi connectivity index (χ3n) is 3.20. The Morgan fingerprint density at radius 2 is 1.96 bits per heavy atom. The van der Waals surface area contributed by atoms with Gasteiger partial charge >= 0.3 is 5.69 Å².